The smallest absolute Gasteiger partial charge is 0.350 e. The molecule has 1 rings (SSSR count). The van der Waals surface area contributed by atoms with E-state index in [1.165, 1.54) is 11.3 Å². The van der Waals surface area contributed by atoms with Crippen molar-refractivity contribution in [1.29, 1.82) is 0 Å². The molecular formula is C13H22N2O2S. The molecule has 4 nitrogen and oxygen atoms in total. The summed E-state index contributed by atoms with van der Waals surface area (Å²) >= 11 is 1.35. The van der Waals surface area contributed by atoms with E-state index in [0.717, 1.165) is 17.1 Å². The van der Waals surface area contributed by atoms with Crippen LogP contribution in [0.3, 0.4) is 0 Å². The lowest BCUT2D eigenvalue weighted by atomic mass is 10.1. The topological polar surface area (TPSA) is 65.2 Å². The first kappa shape index (κ1) is 15.1. The Morgan fingerprint density at radius 3 is 2.56 bits per heavy atom. The maximum atomic E-state index is 11.9. The molecule has 1 heterocycles. The molecule has 0 atom stereocenters. The van der Waals surface area contributed by atoms with E-state index < -0.39 is 5.54 Å². The van der Waals surface area contributed by atoms with Gasteiger partial charge in [0.1, 0.15) is 9.88 Å². The minimum atomic E-state index is -0.527. The van der Waals surface area contributed by atoms with Crippen LogP contribution in [0.5, 0.6) is 0 Å². The van der Waals surface area contributed by atoms with Crippen LogP contribution in [0.15, 0.2) is 0 Å². The van der Waals surface area contributed by atoms with E-state index in [2.05, 4.69) is 18.8 Å². The summed E-state index contributed by atoms with van der Waals surface area (Å²) in [6.07, 6.45) is 0.765. The Kier molecular flexibility index (Phi) is 4.87. The van der Waals surface area contributed by atoms with Gasteiger partial charge >= 0.3 is 5.97 Å². The molecule has 0 saturated carbocycles. The molecular weight excluding hydrogens is 248 g/mol. The Morgan fingerprint density at radius 2 is 2.11 bits per heavy atom. The van der Waals surface area contributed by atoms with Crippen molar-refractivity contribution in [3.8, 4) is 0 Å². The number of aromatic nitrogens is 1. The average molecular weight is 270 g/mol. The first-order valence-electron chi connectivity index (χ1n) is 6.21. The highest BCUT2D eigenvalue weighted by Crippen LogP contribution is 2.28. The van der Waals surface area contributed by atoms with Gasteiger partial charge in [-0.15, -0.1) is 11.3 Å². The van der Waals surface area contributed by atoms with Gasteiger partial charge in [-0.25, -0.2) is 9.78 Å². The molecule has 0 bridgehead atoms. The number of hydrogen-bond donors (Lipinski definition) is 1. The van der Waals surface area contributed by atoms with Crippen molar-refractivity contribution in [2.75, 3.05) is 6.61 Å². The standard InChI is InChI=1S/C13H22N2O2S/c1-6-17-11(16)10-9(7-8(2)3)15-12(18-10)13(4,5)14/h8H,6-7,14H2,1-5H3. The van der Waals surface area contributed by atoms with Crippen molar-refractivity contribution in [1.82, 2.24) is 4.98 Å². The van der Waals surface area contributed by atoms with Gasteiger partial charge in [0.15, 0.2) is 0 Å². The highest BCUT2D eigenvalue weighted by Gasteiger charge is 2.25. The minimum absolute atomic E-state index is 0.291. The van der Waals surface area contributed by atoms with E-state index in [1.54, 1.807) is 6.92 Å². The first-order chi connectivity index (χ1) is 8.25. The molecule has 0 unspecified atom stereocenters. The van der Waals surface area contributed by atoms with Crippen LogP contribution in [0, 0.1) is 5.92 Å². The number of ether oxygens (including phenoxy) is 1. The molecule has 0 aliphatic heterocycles. The zero-order valence-electron chi connectivity index (χ0n) is 11.7. The van der Waals surface area contributed by atoms with Gasteiger partial charge in [0.2, 0.25) is 0 Å². The molecule has 0 saturated heterocycles. The van der Waals surface area contributed by atoms with Crippen LogP contribution in [0.1, 0.15) is 55.0 Å². The number of carbonyl (C=O) groups is 1. The summed E-state index contributed by atoms with van der Waals surface area (Å²) in [5.41, 5.74) is 6.32. The molecule has 0 aliphatic rings. The summed E-state index contributed by atoms with van der Waals surface area (Å²) < 4.78 is 5.07. The van der Waals surface area contributed by atoms with Crippen molar-refractivity contribution in [2.45, 2.75) is 46.6 Å². The average Bonchev–Trinajstić information content (AvgIpc) is 2.60. The van der Waals surface area contributed by atoms with Gasteiger partial charge in [-0.3, -0.25) is 0 Å². The highest BCUT2D eigenvalue weighted by molar-refractivity contribution is 7.13. The van der Waals surface area contributed by atoms with Gasteiger partial charge in [-0.05, 0) is 33.1 Å². The van der Waals surface area contributed by atoms with E-state index in [-0.39, 0.29) is 5.97 Å². The minimum Gasteiger partial charge on any atom is -0.462 e. The lowest BCUT2D eigenvalue weighted by Crippen LogP contribution is -2.28. The lowest BCUT2D eigenvalue weighted by molar-refractivity contribution is 0.0530. The molecule has 0 fully saturated rings. The maximum absolute atomic E-state index is 11.9. The van der Waals surface area contributed by atoms with Gasteiger partial charge in [0.25, 0.3) is 0 Å². The van der Waals surface area contributed by atoms with Gasteiger partial charge < -0.3 is 10.5 Å². The van der Waals surface area contributed by atoms with E-state index in [9.17, 15) is 4.79 Å². The number of nitrogens with zero attached hydrogens (tertiary/aromatic N) is 1. The number of esters is 1. The summed E-state index contributed by atoms with van der Waals surface area (Å²) in [7, 11) is 0. The fraction of sp³-hybridized carbons (Fsp3) is 0.692. The Hall–Kier alpha value is -0.940. The quantitative estimate of drug-likeness (QED) is 0.835. The maximum Gasteiger partial charge on any atom is 0.350 e. The molecule has 102 valence electrons. The molecule has 1 aromatic rings. The Bertz CT molecular complexity index is 419. The lowest BCUT2D eigenvalue weighted by Gasteiger charge is -2.13. The Labute approximate surface area is 113 Å². The number of carbonyl (C=O) groups excluding carboxylic acids is 1. The van der Waals surface area contributed by atoms with Gasteiger partial charge in [-0.2, -0.15) is 0 Å². The van der Waals surface area contributed by atoms with Crippen LogP contribution in [0.25, 0.3) is 0 Å². The van der Waals surface area contributed by atoms with Crippen molar-refractivity contribution in [3.05, 3.63) is 15.6 Å². The van der Waals surface area contributed by atoms with Crippen LogP contribution in [-0.2, 0) is 16.7 Å². The number of rotatable bonds is 5. The van der Waals surface area contributed by atoms with E-state index in [4.69, 9.17) is 10.5 Å². The number of thiazole rings is 1. The molecule has 0 spiro atoms. The molecule has 0 radical (unpaired) electrons. The Balaban J connectivity index is 3.12. The van der Waals surface area contributed by atoms with Crippen molar-refractivity contribution in [2.24, 2.45) is 11.7 Å². The molecule has 1 aromatic heterocycles. The molecule has 0 aromatic carbocycles. The zero-order chi connectivity index (χ0) is 13.9. The fourth-order valence-electron chi connectivity index (χ4n) is 1.51. The number of hydrogen-bond acceptors (Lipinski definition) is 5. The van der Waals surface area contributed by atoms with Crippen LogP contribution in [-0.4, -0.2) is 17.6 Å². The number of nitrogens with two attached hydrogens (primary N) is 1. The third-order valence-corrected chi connectivity index (χ3v) is 3.73. The van der Waals surface area contributed by atoms with Crippen LogP contribution < -0.4 is 5.73 Å². The largest absolute Gasteiger partial charge is 0.462 e. The third-order valence-electron chi connectivity index (χ3n) is 2.31. The second kappa shape index (κ2) is 5.80. The summed E-state index contributed by atoms with van der Waals surface area (Å²) in [5, 5.41) is 0.779. The summed E-state index contributed by atoms with van der Waals surface area (Å²) in [5.74, 6) is 0.148. The van der Waals surface area contributed by atoms with Gasteiger partial charge in [0, 0.05) is 0 Å². The molecule has 0 amide bonds. The van der Waals surface area contributed by atoms with Crippen LogP contribution >= 0.6 is 11.3 Å². The fourth-order valence-corrected chi connectivity index (χ4v) is 2.51. The van der Waals surface area contributed by atoms with Gasteiger partial charge in [0.05, 0.1) is 17.8 Å². The Morgan fingerprint density at radius 1 is 1.50 bits per heavy atom. The highest BCUT2D eigenvalue weighted by atomic mass is 32.1. The SMILES string of the molecule is CCOC(=O)c1sc(C(C)(C)N)nc1CC(C)C. The summed E-state index contributed by atoms with van der Waals surface area (Å²) in [6, 6.07) is 0. The van der Waals surface area contributed by atoms with Gasteiger partial charge in [-0.1, -0.05) is 13.8 Å². The second-order valence-electron chi connectivity index (χ2n) is 5.33. The summed E-state index contributed by atoms with van der Waals surface area (Å²) in [6.45, 7) is 10.1. The van der Waals surface area contributed by atoms with Crippen molar-refractivity contribution < 1.29 is 9.53 Å². The summed E-state index contributed by atoms with van der Waals surface area (Å²) in [4.78, 5) is 17.0. The predicted molar refractivity (Wildman–Crippen MR) is 73.8 cm³/mol. The van der Waals surface area contributed by atoms with E-state index >= 15 is 0 Å². The molecule has 5 heteroatoms. The predicted octanol–water partition coefficient (Wildman–Crippen LogP) is 2.71. The molecule has 2 N–H and O–H groups in total. The van der Waals surface area contributed by atoms with Crippen molar-refractivity contribution in [3.63, 3.8) is 0 Å². The molecule has 0 aliphatic carbocycles. The molecule has 18 heavy (non-hydrogen) atoms. The zero-order valence-corrected chi connectivity index (χ0v) is 12.6. The van der Waals surface area contributed by atoms with E-state index in [1.807, 2.05) is 13.8 Å². The third kappa shape index (κ3) is 3.78. The first-order valence-corrected chi connectivity index (χ1v) is 7.03. The van der Waals surface area contributed by atoms with Crippen molar-refractivity contribution >= 4 is 17.3 Å². The van der Waals surface area contributed by atoms with E-state index in [0.29, 0.717) is 17.4 Å². The second-order valence-corrected chi connectivity index (χ2v) is 6.33. The normalized spacial score (nSPS) is 11.9. The monoisotopic (exact) mass is 270 g/mol. The van der Waals surface area contributed by atoms with Crippen LogP contribution in [0.2, 0.25) is 0 Å². The van der Waals surface area contributed by atoms with Crippen LogP contribution in [0.4, 0.5) is 0 Å².